The summed E-state index contributed by atoms with van der Waals surface area (Å²) >= 11 is 6.27. The lowest BCUT2D eigenvalue weighted by molar-refractivity contribution is 0.150. The molecule has 5 rings (SSSR count). The van der Waals surface area contributed by atoms with E-state index in [2.05, 4.69) is 48.3 Å². The Kier molecular flexibility index (Phi) is 9.29. The van der Waals surface area contributed by atoms with Crippen LogP contribution in [0.3, 0.4) is 0 Å². The highest BCUT2D eigenvalue weighted by molar-refractivity contribution is 6.33. The Balaban J connectivity index is 1.24. The maximum absolute atomic E-state index is 14.7. The van der Waals surface area contributed by atoms with Gasteiger partial charge >= 0.3 is 0 Å². The van der Waals surface area contributed by atoms with Crippen molar-refractivity contribution in [1.82, 2.24) is 20.2 Å². The molecule has 0 unspecified atom stereocenters. The van der Waals surface area contributed by atoms with Crippen molar-refractivity contribution in [2.45, 2.75) is 18.9 Å². The molecule has 2 saturated heterocycles. The van der Waals surface area contributed by atoms with E-state index in [4.69, 9.17) is 25.8 Å². The van der Waals surface area contributed by atoms with Crippen LogP contribution in [0.1, 0.15) is 24.0 Å². The molecule has 2 aromatic carbocycles. The molecule has 41 heavy (non-hydrogen) atoms. The molecule has 2 aliphatic heterocycles. The molecule has 0 radical (unpaired) electrons. The first-order valence-corrected chi connectivity index (χ1v) is 14.0. The zero-order valence-corrected chi connectivity index (χ0v) is 24.2. The van der Waals surface area contributed by atoms with Gasteiger partial charge in [0.15, 0.2) is 11.6 Å². The molecule has 2 N–H and O–H groups in total. The number of nitrogens with one attached hydrogen (secondary N) is 2. The lowest BCUT2D eigenvalue weighted by Crippen LogP contribution is -2.52. The van der Waals surface area contributed by atoms with Crippen molar-refractivity contribution >= 4 is 28.9 Å². The van der Waals surface area contributed by atoms with Crippen LogP contribution >= 0.6 is 11.6 Å². The fourth-order valence-electron chi connectivity index (χ4n) is 5.25. The Morgan fingerprint density at radius 2 is 1.61 bits per heavy atom. The Morgan fingerprint density at radius 1 is 0.927 bits per heavy atom. The molecule has 2 aliphatic rings. The molecule has 0 bridgehead atoms. The summed E-state index contributed by atoms with van der Waals surface area (Å²) in [6.07, 6.45) is 5.41. The van der Waals surface area contributed by atoms with Crippen LogP contribution in [0.4, 0.5) is 21.7 Å². The first-order valence-electron chi connectivity index (χ1n) is 13.6. The van der Waals surface area contributed by atoms with Crippen LogP contribution in [0.2, 0.25) is 5.02 Å². The van der Waals surface area contributed by atoms with Crippen LogP contribution < -0.4 is 29.7 Å². The molecule has 9 nitrogen and oxygen atoms in total. The number of hydrogen-bond donors (Lipinski definition) is 2. The van der Waals surface area contributed by atoms with Gasteiger partial charge in [0.1, 0.15) is 16.5 Å². The predicted molar refractivity (Wildman–Crippen MR) is 158 cm³/mol. The van der Waals surface area contributed by atoms with Crippen molar-refractivity contribution < 1.29 is 18.6 Å². The minimum Gasteiger partial charge on any atom is -0.495 e. The second kappa shape index (κ2) is 13.3. The number of aromatic nitrogens is 2. The average Bonchev–Trinajstić information content (AvgIpc) is 3.02. The SMILES string of the molecule is COc1cc(Nc2ncc(C#Cc3c(F)c(OC)cc(OC)c3Cl)cn2)ccc1N1CCC(N2CCNCC2)CC1. The average molecular weight is 581 g/mol. The number of piperidine rings is 1. The molecule has 0 saturated carbocycles. The molecule has 3 heterocycles. The first kappa shape index (κ1) is 28.7. The van der Waals surface area contributed by atoms with Gasteiger partial charge < -0.3 is 29.7 Å². The first-order chi connectivity index (χ1) is 20.0. The van der Waals surface area contributed by atoms with Crippen molar-refractivity contribution in [3.8, 4) is 29.1 Å². The molecule has 0 aliphatic carbocycles. The summed E-state index contributed by atoms with van der Waals surface area (Å²) in [7, 11) is 4.49. The third-order valence-electron chi connectivity index (χ3n) is 7.47. The fourth-order valence-corrected chi connectivity index (χ4v) is 5.51. The number of piperazine rings is 1. The lowest BCUT2D eigenvalue weighted by atomic mass is 10.0. The van der Waals surface area contributed by atoms with Gasteiger partial charge in [-0.05, 0) is 25.0 Å². The number of rotatable bonds is 7. The van der Waals surface area contributed by atoms with Gasteiger partial charge in [0.25, 0.3) is 0 Å². The second-order valence-corrected chi connectivity index (χ2v) is 10.2. The summed E-state index contributed by atoms with van der Waals surface area (Å²) in [6.45, 7) is 6.43. The van der Waals surface area contributed by atoms with Gasteiger partial charge in [-0.3, -0.25) is 4.90 Å². The number of anilines is 3. The summed E-state index contributed by atoms with van der Waals surface area (Å²) in [6, 6.07) is 8.06. The highest BCUT2D eigenvalue weighted by Crippen LogP contribution is 2.36. The predicted octanol–water partition coefficient (Wildman–Crippen LogP) is 4.31. The molecular weight excluding hydrogens is 547 g/mol. The number of halogens is 2. The van der Waals surface area contributed by atoms with E-state index >= 15 is 0 Å². The second-order valence-electron chi connectivity index (χ2n) is 9.85. The summed E-state index contributed by atoms with van der Waals surface area (Å²) in [4.78, 5) is 13.7. The molecule has 3 aromatic rings. The fraction of sp³-hybridized carbons (Fsp3) is 0.400. The molecule has 0 amide bonds. The van der Waals surface area contributed by atoms with E-state index in [0.717, 1.165) is 69.2 Å². The van der Waals surface area contributed by atoms with Crippen molar-refractivity contribution in [3.05, 3.63) is 58.6 Å². The van der Waals surface area contributed by atoms with Crippen LogP contribution in [0.15, 0.2) is 36.7 Å². The minimum absolute atomic E-state index is 0.00695. The Morgan fingerprint density at radius 3 is 2.27 bits per heavy atom. The summed E-state index contributed by atoms with van der Waals surface area (Å²) in [5.41, 5.74) is 2.36. The molecule has 216 valence electrons. The monoisotopic (exact) mass is 580 g/mol. The molecule has 11 heteroatoms. The Bertz CT molecular complexity index is 1390. The number of hydrogen-bond acceptors (Lipinski definition) is 9. The Hall–Kier alpha value is -3.78. The number of nitrogens with zero attached hydrogens (tertiary/aromatic N) is 4. The number of ether oxygens (including phenoxy) is 3. The van der Waals surface area contributed by atoms with E-state index in [-0.39, 0.29) is 22.1 Å². The standard InChI is InChI=1S/C30H34ClFN6O3/c1-39-25-16-21(5-7-24(25)38-12-8-22(9-13-38)37-14-10-33-11-15-37)36-30-34-18-20(19-35-30)4-6-23-28(31)26(40-2)17-27(41-3)29(23)32/h5,7,16-19,22,33H,8-15H2,1-3H3,(H,34,35,36). The summed E-state index contributed by atoms with van der Waals surface area (Å²) in [5.74, 6) is 6.39. The van der Waals surface area contributed by atoms with Crippen LogP contribution in [0.25, 0.3) is 0 Å². The third kappa shape index (κ3) is 6.59. The molecular formula is C30H34ClFN6O3. The van der Waals surface area contributed by atoms with E-state index in [1.165, 1.54) is 20.3 Å². The molecule has 0 spiro atoms. The van der Waals surface area contributed by atoms with Gasteiger partial charge in [-0.2, -0.15) is 0 Å². The highest BCUT2D eigenvalue weighted by Gasteiger charge is 2.26. The van der Waals surface area contributed by atoms with Gasteiger partial charge in [-0.25, -0.2) is 14.4 Å². The zero-order chi connectivity index (χ0) is 28.8. The van der Waals surface area contributed by atoms with Crippen LogP contribution in [0, 0.1) is 17.7 Å². The minimum atomic E-state index is -0.661. The largest absolute Gasteiger partial charge is 0.495 e. The zero-order valence-electron chi connectivity index (χ0n) is 23.5. The molecule has 0 atom stereocenters. The smallest absolute Gasteiger partial charge is 0.227 e. The van der Waals surface area contributed by atoms with Crippen LogP contribution in [0.5, 0.6) is 17.2 Å². The van der Waals surface area contributed by atoms with Gasteiger partial charge in [-0.15, -0.1) is 0 Å². The Labute approximate surface area is 245 Å². The number of methoxy groups -OCH3 is 3. The van der Waals surface area contributed by atoms with E-state index < -0.39 is 5.82 Å². The third-order valence-corrected chi connectivity index (χ3v) is 7.84. The van der Waals surface area contributed by atoms with Crippen LogP contribution in [-0.2, 0) is 0 Å². The quantitative estimate of drug-likeness (QED) is 0.397. The van der Waals surface area contributed by atoms with Crippen molar-refractivity contribution in [1.29, 1.82) is 0 Å². The summed E-state index contributed by atoms with van der Waals surface area (Å²) < 4.78 is 30.7. The van der Waals surface area contributed by atoms with Crippen LogP contribution in [-0.4, -0.2) is 81.5 Å². The highest BCUT2D eigenvalue weighted by atomic mass is 35.5. The topological polar surface area (TPSA) is 84.0 Å². The summed E-state index contributed by atoms with van der Waals surface area (Å²) in [5, 5.41) is 6.72. The van der Waals surface area contributed by atoms with E-state index in [0.29, 0.717) is 17.6 Å². The number of benzene rings is 2. The van der Waals surface area contributed by atoms with Crippen molar-refractivity contribution in [3.63, 3.8) is 0 Å². The van der Waals surface area contributed by atoms with Gasteiger partial charge in [0, 0.05) is 75.5 Å². The van der Waals surface area contributed by atoms with Crippen molar-refractivity contribution in [2.24, 2.45) is 0 Å². The van der Waals surface area contributed by atoms with E-state index in [9.17, 15) is 4.39 Å². The molecule has 2 fully saturated rings. The molecule has 1 aromatic heterocycles. The van der Waals surface area contributed by atoms with Crippen molar-refractivity contribution in [2.75, 3.05) is 70.8 Å². The maximum atomic E-state index is 14.7. The van der Waals surface area contributed by atoms with E-state index in [1.54, 1.807) is 19.5 Å². The van der Waals surface area contributed by atoms with Gasteiger partial charge in [0.05, 0.1) is 38.1 Å². The van der Waals surface area contributed by atoms with Gasteiger partial charge in [0.2, 0.25) is 5.95 Å². The van der Waals surface area contributed by atoms with Gasteiger partial charge in [-0.1, -0.05) is 23.4 Å². The lowest BCUT2D eigenvalue weighted by Gasteiger charge is -2.41. The maximum Gasteiger partial charge on any atom is 0.227 e. The normalized spacial score (nSPS) is 16.1. The van der Waals surface area contributed by atoms with E-state index in [1.807, 2.05) is 12.1 Å².